The van der Waals surface area contributed by atoms with E-state index in [1.165, 1.54) is 37.9 Å². The number of anilines is 1. The van der Waals surface area contributed by atoms with Gasteiger partial charge in [-0.3, -0.25) is 4.79 Å². The van der Waals surface area contributed by atoms with Crippen LogP contribution in [0.4, 0.5) is 5.69 Å². The Balaban J connectivity index is 1.47. The predicted octanol–water partition coefficient (Wildman–Crippen LogP) is 4.22. The van der Waals surface area contributed by atoms with Gasteiger partial charge in [0.2, 0.25) is 0 Å². The van der Waals surface area contributed by atoms with E-state index in [2.05, 4.69) is 15.2 Å². The molecule has 0 saturated carbocycles. The van der Waals surface area contributed by atoms with Crippen LogP contribution in [0.1, 0.15) is 35.2 Å². The van der Waals surface area contributed by atoms with E-state index in [0.29, 0.717) is 5.56 Å². The fourth-order valence-electron chi connectivity index (χ4n) is 2.90. The van der Waals surface area contributed by atoms with Crippen molar-refractivity contribution < 1.29 is 4.79 Å². The number of rotatable bonds is 6. The van der Waals surface area contributed by atoms with Gasteiger partial charge in [-0.25, -0.2) is 4.98 Å². The molecule has 4 nitrogen and oxygen atoms in total. The Hall–Kier alpha value is -1.85. The molecule has 3 rings (SSSR count). The maximum atomic E-state index is 12.3. The standard InChI is InChI=1S/C20H25N3OS/c1-16-5-8-18(9-6-16)22-20(24)17-7-10-19(21-15-17)25-14-13-23-11-3-2-4-12-23/h5-10,15H,2-4,11-14H2,1H3,(H,22,24). The molecule has 1 aliphatic rings. The quantitative estimate of drug-likeness (QED) is 0.788. The number of nitrogens with one attached hydrogen (secondary N) is 1. The summed E-state index contributed by atoms with van der Waals surface area (Å²) >= 11 is 1.76. The number of piperidine rings is 1. The number of aromatic nitrogens is 1. The first-order valence-corrected chi connectivity index (χ1v) is 9.88. The molecule has 1 aromatic heterocycles. The van der Waals surface area contributed by atoms with Gasteiger partial charge >= 0.3 is 0 Å². The Kier molecular flexibility index (Phi) is 6.48. The van der Waals surface area contributed by atoms with Crippen LogP contribution in [-0.2, 0) is 0 Å². The van der Waals surface area contributed by atoms with Gasteiger partial charge in [-0.2, -0.15) is 0 Å². The highest BCUT2D eigenvalue weighted by molar-refractivity contribution is 7.99. The Morgan fingerprint density at radius 2 is 1.88 bits per heavy atom. The van der Waals surface area contributed by atoms with Gasteiger partial charge in [0.05, 0.1) is 10.6 Å². The molecule has 2 aromatic rings. The van der Waals surface area contributed by atoms with Crippen LogP contribution < -0.4 is 5.32 Å². The maximum absolute atomic E-state index is 12.3. The number of carbonyl (C=O) groups excluding carboxylic acids is 1. The lowest BCUT2D eigenvalue weighted by Gasteiger charge is -2.25. The third-order valence-corrected chi connectivity index (χ3v) is 5.34. The number of aryl methyl sites for hydroxylation is 1. The fraction of sp³-hybridized carbons (Fsp3) is 0.400. The lowest BCUT2D eigenvalue weighted by molar-refractivity contribution is 0.102. The molecular formula is C20H25N3OS. The first-order chi connectivity index (χ1) is 12.2. The van der Waals surface area contributed by atoms with Crippen molar-refractivity contribution in [2.45, 2.75) is 31.2 Å². The van der Waals surface area contributed by atoms with Crippen molar-refractivity contribution in [1.29, 1.82) is 0 Å². The van der Waals surface area contributed by atoms with E-state index in [9.17, 15) is 4.79 Å². The summed E-state index contributed by atoms with van der Waals surface area (Å²) in [5.74, 6) is 0.920. The van der Waals surface area contributed by atoms with Crippen molar-refractivity contribution in [3.05, 3.63) is 53.7 Å². The zero-order chi connectivity index (χ0) is 17.5. The molecule has 1 amide bonds. The first-order valence-electron chi connectivity index (χ1n) is 8.90. The second kappa shape index (κ2) is 9.02. The summed E-state index contributed by atoms with van der Waals surface area (Å²) < 4.78 is 0. The molecule has 0 atom stereocenters. The Morgan fingerprint density at radius 1 is 1.12 bits per heavy atom. The molecule has 132 valence electrons. The minimum absolute atomic E-state index is 0.124. The van der Waals surface area contributed by atoms with Crippen LogP contribution in [0.3, 0.4) is 0 Å². The number of amides is 1. The molecule has 0 bridgehead atoms. The molecule has 0 radical (unpaired) electrons. The number of pyridine rings is 1. The largest absolute Gasteiger partial charge is 0.322 e. The van der Waals surface area contributed by atoms with Crippen LogP contribution >= 0.6 is 11.8 Å². The number of likely N-dealkylation sites (tertiary alicyclic amines) is 1. The minimum Gasteiger partial charge on any atom is -0.322 e. The molecule has 5 heteroatoms. The van der Waals surface area contributed by atoms with E-state index in [1.54, 1.807) is 18.0 Å². The van der Waals surface area contributed by atoms with E-state index in [-0.39, 0.29) is 5.91 Å². The van der Waals surface area contributed by atoms with Gasteiger partial charge in [-0.1, -0.05) is 24.1 Å². The van der Waals surface area contributed by atoms with Gasteiger partial charge in [0.25, 0.3) is 5.91 Å². The van der Waals surface area contributed by atoms with Gasteiger partial charge < -0.3 is 10.2 Å². The molecule has 0 spiro atoms. The van der Waals surface area contributed by atoms with E-state index >= 15 is 0 Å². The molecule has 0 aliphatic carbocycles. The third-order valence-electron chi connectivity index (χ3n) is 4.41. The predicted molar refractivity (Wildman–Crippen MR) is 104 cm³/mol. The van der Waals surface area contributed by atoms with Crippen molar-refractivity contribution in [3.8, 4) is 0 Å². The lowest BCUT2D eigenvalue weighted by atomic mass is 10.1. The van der Waals surface area contributed by atoms with Crippen molar-refractivity contribution >= 4 is 23.4 Å². The summed E-state index contributed by atoms with van der Waals surface area (Å²) in [5, 5.41) is 3.87. The van der Waals surface area contributed by atoms with Crippen LogP contribution in [0, 0.1) is 6.92 Å². The second-order valence-electron chi connectivity index (χ2n) is 6.46. The Morgan fingerprint density at radius 3 is 2.56 bits per heavy atom. The number of hydrogen-bond donors (Lipinski definition) is 1. The molecule has 1 saturated heterocycles. The summed E-state index contributed by atoms with van der Waals surface area (Å²) in [6, 6.07) is 11.6. The van der Waals surface area contributed by atoms with Gasteiger partial charge in [-0.15, -0.1) is 11.8 Å². The topological polar surface area (TPSA) is 45.2 Å². The number of thioether (sulfide) groups is 1. The highest BCUT2D eigenvalue weighted by Crippen LogP contribution is 2.17. The average Bonchev–Trinajstić information content (AvgIpc) is 2.65. The maximum Gasteiger partial charge on any atom is 0.257 e. The van der Waals surface area contributed by atoms with Gasteiger partial charge in [-0.05, 0) is 57.1 Å². The van der Waals surface area contributed by atoms with Gasteiger partial charge in [0.1, 0.15) is 0 Å². The SMILES string of the molecule is Cc1ccc(NC(=O)c2ccc(SCCN3CCCCC3)nc2)cc1. The number of nitrogens with zero attached hydrogens (tertiary/aromatic N) is 2. The lowest BCUT2D eigenvalue weighted by Crippen LogP contribution is -2.31. The van der Waals surface area contributed by atoms with Crippen LogP contribution in [-0.4, -0.2) is 41.2 Å². The monoisotopic (exact) mass is 355 g/mol. The second-order valence-corrected chi connectivity index (χ2v) is 7.57. The highest BCUT2D eigenvalue weighted by Gasteiger charge is 2.10. The molecular weight excluding hydrogens is 330 g/mol. The van der Waals surface area contributed by atoms with Crippen molar-refractivity contribution in [2.24, 2.45) is 0 Å². The summed E-state index contributed by atoms with van der Waals surface area (Å²) in [4.78, 5) is 19.2. The van der Waals surface area contributed by atoms with Crippen LogP contribution in [0.5, 0.6) is 0 Å². The minimum atomic E-state index is -0.124. The summed E-state index contributed by atoms with van der Waals surface area (Å²) in [7, 11) is 0. The van der Waals surface area contributed by atoms with Crippen molar-refractivity contribution in [1.82, 2.24) is 9.88 Å². The fourth-order valence-corrected chi connectivity index (χ4v) is 3.75. The van der Waals surface area contributed by atoms with Crippen LogP contribution in [0.2, 0.25) is 0 Å². The van der Waals surface area contributed by atoms with Gasteiger partial charge in [0.15, 0.2) is 0 Å². The van der Waals surface area contributed by atoms with E-state index in [1.807, 2.05) is 43.3 Å². The molecule has 2 heterocycles. The highest BCUT2D eigenvalue weighted by atomic mass is 32.2. The van der Waals surface area contributed by atoms with E-state index < -0.39 is 0 Å². The van der Waals surface area contributed by atoms with E-state index in [0.717, 1.165) is 23.0 Å². The summed E-state index contributed by atoms with van der Waals surface area (Å²) in [6.45, 7) is 5.59. The molecule has 1 aromatic carbocycles. The number of carbonyl (C=O) groups is 1. The van der Waals surface area contributed by atoms with Gasteiger partial charge in [0, 0.05) is 24.2 Å². The zero-order valence-electron chi connectivity index (χ0n) is 14.7. The number of benzene rings is 1. The average molecular weight is 356 g/mol. The smallest absolute Gasteiger partial charge is 0.257 e. The molecule has 1 aliphatic heterocycles. The summed E-state index contributed by atoms with van der Waals surface area (Å²) in [5.41, 5.74) is 2.56. The zero-order valence-corrected chi connectivity index (χ0v) is 15.5. The molecule has 0 unspecified atom stereocenters. The summed E-state index contributed by atoms with van der Waals surface area (Å²) in [6.07, 6.45) is 5.69. The third kappa shape index (κ3) is 5.58. The molecule has 25 heavy (non-hydrogen) atoms. The Bertz CT molecular complexity index is 679. The van der Waals surface area contributed by atoms with Crippen molar-refractivity contribution in [3.63, 3.8) is 0 Å². The first kappa shape index (κ1) is 18.0. The normalized spacial score (nSPS) is 15.1. The number of hydrogen-bond acceptors (Lipinski definition) is 4. The molecule has 1 fully saturated rings. The Labute approximate surface area is 154 Å². The van der Waals surface area contributed by atoms with Crippen LogP contribution in [0.25, 0.3) is 0 Å². The van der Waals surface area contributed by atoms with Crippen molar-refractivity contribution in [2.75, 3.05) is 30.7 Å². The molecule has 1 N–H and O–H groups in total. The van der Waals surface area contributed by atoms with E-state index in [4.69, 9.17) is 0 Å². The van der Waals surface area contributed by atoms with Crippen LogP contribution in [0.15, 0.2) is 47.6 Å².